The molecule has 1 unspecified atom stereocenters. The number of aryl methyl sites for hydroxylation is 2. The number of amides is 7. The highest BCUT2D eigenvalue weighted by atomic mass is 32.2. The number of aliphatic carboxylic acids is 2. The number of imidazole rings is 2. The fraction of sp³-hybridized carbons (Fsp3) is 0.359. The number of anilines is 3. The molecule has 0 fully saturated rings. The number of hydrazone groups is 1. The van der Waals surface area contributed by atoms with Gasteiger partial charge in [-0.2, -0.15) is 23.7 Å². The van der Waals surface area contributed by atoms with Gasteiger partial charge in [0.05, 0.1) is 35.2 Å². The molecule has 0 aliphatic carbocycles. The molecule has 0 spiro atoms. The molecule has 99 heavy (non-hydrogen) atoms. The fourth-order valence-electron chi connectivity index (χ4n) is 10.1. The predicted octanol–water partition coefficient (Wildman–Crippen LogP) is 3.15. The molecule has 0 bridgehead atoms. The Morgan fingerprint density at radius 2 is 1.07 bits per heavy atom. The number of hydrogen-bond acceptors (Lipinski definition) is 20. The van der Waals surface area contributed by atoms with Crippen LogP contribution in [0.25, 0.3) is 21.8 Å². The van der Waals surface area contributed by atoms with Crippen LogP contribution in [0.15, 0.2) is 126 Å². The summed E-state index contributed by atoms with van der Waals surface area (Å²) in [7, 11) is -4.54. The highest BCUT2D eigenvalue weighted by Gasteiger charge is 2.26. The number of benzene rings is 3. The lowest BCUT2D eigenvalue weighted by Gasteiger charge is -2.19. The van der Waals surface area contributed by atoms with Crippen molar-refractivity contribution in [3.05, 3.63) is 138 Å². The third-order valence-electron chi connectivity index (χ3n) is 15.4. The van der Waals surface area contributed by atoms with Gasteiger partial charge in [0.25, 0.3) is 27.8 Å². The van der Waals surface area contributed by atoms with Gasteiger partial charge in [-0.05, 0) is 99.5 Å². The van der Waals surface area contributed by atoms with E-state index < -0.39 is 88.1 Å². The topological polar surface area (TPSA) is 487 Å². The van der Waals surface area contributed by atoms with E-state index in [1.807, 2.05) is 9.36 Å². The molecule has 8 rings (SSSR count). The predicted molar refractivity (Wildman–Crippen MR) is 362 cm³/mol. The minimum absolute atomic E-state index is 0.0225. The van der Waals surface area contributed by atoms with Crippen LogP contribution >= 0.6 is 0 Å². The Morgan fingerprint density at radius 3 is 1.58 bits per heavy atom. The average Bonchev–Trinajstić information content (AvgIpc) is 1.70. The summed E-state index contributed by atoms with van der Waals surface area (Å²) < 4.78 is 36.7. The van der Waals surface area contributed by atoms with Gasteiger partial charge < -0.3 is 68.0 Å². The number of aromatic nitrogens is 9. The van der Waals surface area contributed by atoms with Crippen molar-refractivity contribution in [3.63, 3.8) is 0 Å². The van der Waals surface area contributed by atoms with Crippen molar-refractivity contribution in [1.29, 1.82) is 0 Å². The maximum absolute atomic E-state index is 13.7. The lowest BCUT2D eigenvalue weighted by molar-refractivity contribution is -0.142. The fourth-order valence-corrected chi connectivity index (χ4v) is 10.8. The smallest absolute Gasteiger partial charge is 0.328 e. The number of carboxylic acid groups (broad SMARTS) is 2. The maximum atomic E-state index is 13.7. The van der Waals surface area contributed by atoms with Crippen LogP contribution in [-0.2, 0) is 52.0 Å². The molecular weight excluding hydrogens is 1300 g/mol. The van der Waals surface area contributed by atoms with Gasteiger partial charge in [-0.25, -0.2) is 24.5 Å². The summed E-state index contributed by atoms with van der Waals surface area (Å²) in [4.78, 5) is 134. The number of carbonyl (C=O) groups excluding carboxylic acids is 7. The number of carboxylic acids is 2. The van der Waals surface area contributed by atoms with Crippen LogP contribution < -0.4 is 53.3 Å². The van der Waals surface area contributed by atoms with E-state index in [-0.39, 0.29) is 78.3 Å². The number of unbranched alkanes of at least 4 members (excludes halogenated alkanes) is 4. The van der Waals surface area contributed by atoms with Gasteiger partial charge in [-0.1, -0.05) is 31.0 Å². The molecule has 0 aliphatic rings. The van der Waals surface area contributed by atoms with Crippen LogP contribution in [0.1, 0.15) is 114 Å². The molecule has 7 amide bonds. The minimum atomic E-state index is -4.54. The number of H-pyrrole nitrogens is 2. The Bertz CT molecular complexity index is 4200. The van der Waals surface area contributed by atoms with E-state index in [4.69, 9.17) is 0 Å². The van der Waals surface area contributed by atoms with Crippen molar-refractivity contribution in [2.24, 2.45) is 5.10 Å². The Morgan fingerprint density at radius 1 is 0.535 bits per heavy atom. The van der Waals surface area contributed by atoms with Crippen molar-refractivity contribution >= 4 is 109 Å². The maximum Gasteiger partial charge on any atom is 0.328 e. The van der Waals surface area contributed by atoms with Crippen LogP contribution in [0.4, 0.5) is 17.7 Å². The Hall–Kier alpha value is -11.6. The van der Waals surface area contributed by atoms with Gasteiger partial charge in [-0.15, -0.1) is 0 Å². The summed E-state index contributed by atoms with van der Waals surface area (Å²) in [5, 5.41) is 58.5. The first-order chi connectivity index (χ1) is 47.8. The second kappa shape index (κ2) is 37.0. The van der Waals surface area contributed by atoms with Gasteiger partial charge in [-0.3, -0.25) is 52.9 Å². The van der Waals surface area contributed by atoms with E-state index in [2.05, 4.69) is 93.5 Å². The molecule has 35 heteroatoms. The van der Waals surface area contributed by atoms with E-state index >= 15 is 0 Å². The van der Waals surface area contributed by atoms with Crippen molar-refractivity contribution in [2.45, 2.75) is 113 Å². The summed E-state index contributed by atoms with van der Waals surface area (Å²) in [6.45, 7) is 2.04. The molecule has 5 aromatic heterocycles. The highest BCUT2D eigenvalue weighted by molar-refractivity contribution is 7.86. The SMILES string of the molecule is O=C(CCC(NC(=O)c1ccc(N/N=C/c2ccccc2S(=O)(=O)O)nc1)C(=O)NCCCCCC(=O)N[C@@H](CNC(=O)c1ccc2c(cnn2CCCNc2ncc[nH]2)c1)C(=O)O)NCCCCCC(=O)N[C@@H](CNC(=O)c1ccc2c(cnn2CCCNc2ncc[nH]2)c1)C(=O)O. The third-order valence-corrected chi connectivity index (χ3v) is 16.3. The standard InChI is InChI=1S/C64H78N20O14S/c85-54(65-23-7-1-3-13-55(86)79-48(61(92)93)39-74-57(88)41-15-19-50-45(33-41)37-77-83(50)31-9-25-67-63-69-27-28-70-63)22-18-47(81-59(90)44-17-21-53(73-35-44)82-76-36-43-11-5-6-12-52(43)99(96,97)98)60(91)66-24-8-2-4-14-56(87)80-49(62(94)95)40-75-58(89)42-16-20-51-46(34-42)38-78-84(51)32-10-26-68-64-71-29-30-72-64/h5-6,11-12,15-17,19-21,27-30,33-38,47-49H,1-4,7-10,13-14,18,22-26,31-32,39-40H2,(H,65,85)(H,66,91)(H,73,82)(H,74,88)(H,75,89)(H,79,86)(H,80,87)(H,81,90)(H,92,93)(H,94,95)(H2,67,69,70)(H2,68,71,72)(H,96,97,98)/b76-36+/t47?,48-,49-/m0/s1. The quantitative estimate of drug-likeness (QED) is 0.0113. The molecule has 3 atom stereocenters. The molecular formula is C64H78N20O14S. The molecule has 34 nitrogen and oxygen atoms in total. The first-order valence-electron chi connectivity index (χ1n) is 31.9. The normalized spacial score (nSPS) is 12.3. The Labute approximate surface area is 566 Å². The van der Waals surface area contributed by atoms with E-state index in [1.165, 1.54) is 36.5 Å². The molecule has 0 aliphatic heterocycles. The molecule has 8 aromatic rings. The zero-order valence-corrected chi connectivity index (χ0v) is 54.6. The second-order valence-electron chi connectivity index (χ2n) is 22.7. The van der Waals surface area contributed by atoms with Gasteiger partial charge in [0.2, 0.25) is 23.6 Å². The van der Waals surface area contributed by atoms with Crippen LogP contribution in [0, 0.1) is 0 Å². The summed E-state index contributed by atoms with van der Waals surface area (Å²) in [5.74, 6) is -5.22. The van der Waals surface area contributed by atoms with E-state index in [9.17, 15) is 66.3 Å². The van der Waals surface area contributed by atoms with Crippen LogP contribution in [0.2, 0.25) is 0 Å². The summed E-state index contributed by atoms with van der Waals surface area (Å²) in [5.41, 5.74) is 4.89. The van der Waals surface area contributed by atoms with E-state index in [0.29, 0.717) is 82.0 Å². The summed E-state index contributed by atoms with van der Waals surface area (Å²) in [6.07, 6.45) is 15.7. The van der Waals surface area contributed by atoms with Gasteiger partial charge in [0.1, 0.15) is 28.8 Å². The average molecular weight is 1380 g/mol. The largest absolute Gasteiger partial charge is 0.480 e. The first-order valence-corrected chi connectivity index (χ1v) is 33.4. The van der Waals surface area contributed by atoms with Crippen LogP contribution in [0.3, 0.4) is 0 Å². The zero-order valence-electron chi connectivity index (χ0n) is 53.7. The zero-order chi connectivity index (χ0) is 70.5. The first kappa shape index (κ1) is 73.2. The number of carbonyl (C=O) groups is 9. The lowest BCUT2D eigenvalue weighted by Crippen LogP contribution is -2.48. The molecule has 524 valence electrons. The van der Waals surface area contributed by atoms with Crippen molar-refractivity contribution in [3.8, 4) is 0 Å². The number of nitrogens with zero attached hydrogens (tertiary/aromatic N) is 8. The molecule has 15 N–H and O–H groups in total. The number of aromatic amines is 2. The molecule has 0 saturated carbocycles. The number of fused-ring (bicyclic) bond motifs is 2. The molecule has 3 aromatic carbocycles. The third kappa shape index (κ3) is 23.3. The van der Waals surface area contributed by atoms with E-state index in [1.54, 1.807) is 79.6 Å². The van der Waals surface area contributed by atoms with Crippen molar-refractivity contribution in [1.82, 2.24) is 81.7 Å². The van der Waals surface area contributed by atoms with Crippen LogP contribution in [-0.4, -0.2) is 185 Å². The number of rotatable bonds is 42. The van der Waals surface area contributed by atoms with Gasteiger partial charge >= 0.3 is 11.9 Å². The van der Waals surface area contributed by atoms with E-state index in [0.717, 1.165) is 35.5 Å². The number of nitrogens with one attached hydrogen (secondary N) is 12. The monoisotopic (exact) mass is 1380 g/mol. The minimum Gasteiger partial charge on any atom is -0.480 e. The Kier molecular flexibility index (Phi) is 27.4. The second-order valence-corrected chi connectivity index (χ2v) is 24.1. The van der Waals surface area contributed by atoms with Crippen molar-refractivity contribution < 1.29 is 66.3 Å². The van der Waals surface area contributed by atoms with Crippen molar-refractivity contribution in [2.75, 3.05) is 55.3 Å². The number of pyridine rings is 1. The Balaban J connectivity index is 0.743. The highest BCUT2D eigenvalue weighted by Crippen LogP contribution is 2.19. The summed E-state index contributed by atoms with van der Waals surface area (Å²) >= 11 is 0. The molecule has 0 radical (unpaired) electrons. The van der Waals surface area contributed by atoms with Gasteiger partial charge in [0, 0.05) is 130 Å². The van der Waals surface area contributed by atoms with Gasteiger partial charge in [0.15, 0.2) is 11.9 Å². The lowest BCUT2D eigenvalue weighted by atomic mass is 10.1. The summed E-state index contributed by atoms with van der Waals surface area (Å²) in [6, 6.07) is 14.3. The number of hydrogen-bond donors (Lipinski definition) is 15. The molecule has 5 heterocycles. The van der Waals surface area contributed by atoms with Crippen LogP contribution in [0.5, 0.6) is 0 Å². The molecule has 0 saturated heterocycles.